The Morgan fingerprint density at radius 2 is 2.20 bits per heavy atom. The van der Waals surface area contributed by atoms with Gasteiger partial charge in [0, 0.05) is 12.6 Å². The Morgan fingerprint density at radius 3 is 2.75 bits per heavy atom. The number of benzene rings is 1. The van der Waals surface area contributed by atoms with Crippen molar-refractivity contribution in [2.45, 2.75) is 19.4 Å². The fraction of sp³-hybridized carbons (Fsp3) is 0.462. The summed E-state index contributed by atoms with van der Waals surface area (Å²) >= 11 is 0. The van der Waals surface area contributed by atoms with Gasteiger partial charge in [0.15, 0.2) is 0 Å². The summed E-state index contributed by atoms with van der Waals surface area (Å²) in [6.07, 6.45) is 0. The molecule has 1 aliphatic rings. The number of carbonyl (C=O) groups is 1. The number of anilines is 1. The first-order valence-corrected chi connectivity index (χ1v) is 6.20. The number of aromatic carboxylic acids is 1. The Labute approximate surface area is 115 Å². The zero-order chi connectivity index (χ0) is 14.9. The Balaban J connectivity index is 2.54. The van der Waals surface area contributed by atoms with E-state index in [1.165, 1.54) is 18.2 Å². The van der Waals surface area contributed by atoms with E-state index in [1.54, 1.807) is 0 Å². The molecule has 0 amide bonds. The predicted octanol–water partition coefficient (Wildman–Crippen LogP) is 1.91. The lowest BCUT2D eigenvalue weighted by Crippen LogP contribution is -2.53. The number of ether oxygens (including phenoxy) is 1. The van der Waals surface area contributed by atoms with E-state index in [1.807, 2.05) is 18.7 Å². The van der Waals surface area contributed by atoms with Crippen LogP contribution in [0.3, 0.4) is 0 Å². The summed E-state index contributed by atoms with van der Waals surface area (Å²) in [5.74, 6) is -1.10. The van der Waals surface area contributed by atoms with Crippen molar-refractivity contribution in [2.75, 3.05) is 24.7 Å². The first-order valence-electron chi connectivity index (χ1n) is 6.20. The summed E-state index contributed by atoms with van der Waals surface area (Å²) in [4.78, 5) is 23.6. The number of carboxylic acid groups (broad SMARTS) is 1. The molecule has 7 heteroatoms. The molecule has 0 bridgehead atoms. The third kappa shape index (κ3) is 2.57. The number of morpholine rings is 1. The number of hydrogen-bond acceptors (Lipinski definition) is 5. The van der Waals surface area contributed by atoms with Gasteiger partial charge < -0.3 is 14.7 Å². The van der Waals surface area contributed by atoms with Gasteiger partial charge in [0.05, 0.1) is 29.2 Å². The Morgan fingerprint density at radius 1 is 1.50 bits per heavy atom. The second-order valence-corrected chi connectivity index (χ2v) is 5.28. The number of hydrogen-bond donors (Lipinski definition) is 1. The molecule has 108 valence electrons. The Hall–Kier alpha value is -2.15. The normalized spacial score (nSPS) is 17.8. The molecule has 0 unspecified atom stereocenters. The average molecular weight is 280 g/mol. The topological polar surface area (TPSA) is 92.9 Å². The van der Waals surface area contributed by atoms with Gasteiger partial charge >= 0.3 is 5.97 Å². The number of nitro benzene ring substituents is 1. The summed E-state index contributed by atoms with van der Waals surface area (Å²) < 4.78 is 5.39. The molecule has 0 radical (unpaired) electrons. The average Bonchev–Trinajstić information content (AvgIpc) is 2.37. The van der Waals surface area contributed by atoms with Crippen LogP contribution >= 0.6 is 0 Å². The SMILES string of the molecule is CC1(C)COCCN1c1cc(C(=O)O)ccc1[N+](=O)[O-]. The third-order valence-corrected chi connectivity index (χ3v) is 3.36. The van der Waals surface area contributed by atoms with Crippen molar-refractivity contribution in [1.29, 1.82) is 0 Å². The fourth-order valence-corrected chi connectivity index (χ4v) is 2.33. The van der Waals surface area contributed by atoms with Crippen LogP contribution in [0.5, 0.6) is 0 Å². The summed E-state index contributed by atoms with van der Waals surface area (Å²) in [6.45, 7) is 5.18. The molecule has 0 saturated carbocycles. The highest BCUT2D eigenvalue weighted by Crippen LogP contribution is 2.35. The molecule has 0 spiro atoms. The number of nitro groups is 1. The van der Waals surface area contributed by atoms with Crippen molar-refractivity contribution in [2.24, 2.45) is 0 Å². The smallest absolute Gasteiger partial charge is 0.335 e. The van der Waals surface area contributed by atoms with Crippen LogP contribution in [0.2, 0.25) is 0 Å². The van der Waals surface area contributed by atoms with Crippen LogP contribution < -0.4 is 4.90 Å². The Bertz CT molecular complexity index is 556. The van der Waals surface area contributed by atoms with Crippen LogP contribution in [0.25, 0.3) is 0 Å². The van der Waals surface area contributed by atoms with Crippen LogP contribution in [0.15, 0.2) is 18.2 Å². The maximum absolute atomic E-state index is 11.2. The lowest BCUT2D eigenvalue weighted by Gasteiger charge is -2.43. The highest BCUT2D eigenvalue weighted by atomic mass is 16.6. The van der Waals surface area contributed by atoms with Crippen molar-refractivity contribution in [3.05, 3.63) is 33.9 Å². The van der Waals surface area contributed by atoms with Crippen LogP contribution in [0.1, 0.15) is 24.2 Å². The van der Waals surface area contributed by atoms with Gasteiger partial charge in [-0.25, -0.2) is 4.79 Å². The van der Waals surface area contributed by atoms with E-state index >= 15 is 0 Å². The van der Waals surface area contributed by atoms with Gasteiger partial charge in [-0.15, -0.1) is 0 Å². The van der Waals surface area contributed by atoms with E-state index < -0.39 is 16.4 Å². The van der Waals surface area contributed by atoms with Gasteiger partial charge in [0.2, 0.25) is 0 Å². The van der Waals surface area contributed by atoms with Gasteiger partial charge in [-0.05, 0) is 26.0 Å². The predicted molar refractivity (Wildman–Crippen MR) is 72.3 cm³/mol. The van der Waals surface area contributed by atoms with Crippen molar-refractivity contribution < 1.29 is 19.6 Å². The molecule has 2 rings (SSSR count). The van der Waals surface area contributed by atoms with E-state index in [0.717, 1.165) is 0 Å². The van der Waals surface area contributed by atoms with Crippen molar-refractivity contribution in [3.63, 3.8) is 0 Å². The highest BCUT2D eigenvalue weighted by Gasteiger charge is 2.34. The zero-order valence-corrected chi connectivity index (χ0v) is 11.3. The van der Waals surface area contributed by atoms with Crippen LogP contribution in [-0.4, -0.2) is 41.3 Å². The Kier molecular flexibility index (Phi) is 3.63. The van der Waals surface area contributed by atoms with Crippen molar-refractivity contribution >= 4 is 17.3 Å². The molecule has 20 heavy (non-hydrogen) atoms. The van der Waals surface area contributed by atoms with Crippen LogP contribution in [0, 0.1) is 10.1 Å². The van der Waals surface area contributed by atoms with E-state index in [0.29, 0.717) is 25.4 Å². The second-order valence-electron chi connectivity index (χ2n) is 5.28. The van der Waals surface area contributed by atoms with Crippen LogP contribution in [-0.2, 0) is 4.74 Å². The van der Waals surface area contributed by atoms with E-state index in [9.17, 15) is 14.9 Å². The molecular weight excluding hydrogens is 264 g/mol. The van der Waals surface area contributed by atoms with Gasteiger partial charge in [0.25, 0.3) is 5.69 Å². The third-order valence-electron chi connectivity index (χ3n) is 3.36. The molecule has 1 aromatic carbocycles. The van der Waals surface area contributed by atoms with Crippen molar-refractivity contribution in [1.82, 2.24) is 0 Å². The molecule has 1 saturated heterocycles. The molecule has 1 aromatic rings. The molecule has 0 aliphatic carbocycles. The monoisotopic (exact) mass is 280 g/mol. The molecule has 1 fully saturated rings. The standard InChI is InChI=1S/C13H16N2O5/c1-13(2)8-20-6-5-14(13)11-7-9(12(16)17)3-4-10(11)15(18)19/h3-4,7H,5-6,8H2,1-2H3,(H,16,17). The van der Waals surface area contributed by atoms with Gasteiger partial charge in [-0.2, -0.15) is 0 Å². The number of carboxylic acids is 1. The zero-order valence-electron chi connectivity index (χ0n) is 11.3. The van der Waals surface area contributed by atoms with Gasteiger partial charge in [0.1, 0.15) is 5.69 Å². The number of nitrogens with zero attached hydrogens (tertiary/aromatic N) is 2. The molecule has 0 aromatic heterocycles. The second kappa shape index (κ2) is 5.09. The minimum absolute atomic E-state index is 0.0351. The highest BCUT2D eigenvalue weighted by molar-refractivity contribution is 5.90. The molecule has 0 atom stereocenters. The lowest BCUT2D eigenvalue weighted by atomic mass is 10.00. The molecule has 1 aliphatic heterocycles. The van der Waals surface area contributed by atoms with Crippen LogP contribution in [0.4, 0.5) is 11.4 Å². The van der Waals surface area contributed by atoms with E-state index in [-0.39, 0.29) is 11.3 Å². The lowest BCUT2D eigenvalue weighted by molar-refractivity contribution is -0.384. The molecule has 1 N–H and O–H groups in total. The first kappa shape index (κ1) is 14.3. The number of rotatable bonds is 3. The fourth-order valence-electron chi connectivity index (χ4n) is 2.33. The molecule has 1 heterocycles. The quantitative estimate of drug-likeness (QED) is 0.671. The molecular formula is C13H16N2O5. The summed E-state index contributed by atoms with van der Waals surface area (Å²) in [5.41, 5.74) is -0.166. The maximum atomic E-state index is 11.2. The summed E-state index contributed by atoms with van der Waals surface area (Å²) in [7, 11) is 0. The largest absolute Gasteiger partial charge is 0.478 e. The molecule has 7 nitrogen and oxygen atoms in total. The minimum atomic E-state index is -1.10. The summed E-state index contributed by atoms with van der Waals surface area (Å²) in [6, 6.07) is 3.84. The van der Waals surface area contributed by atoms with Crippen molar-refractivity contribution in [3.8, 4) is 0 Å². The van der Waals surface area contributed by atoms with E-state index in [4.69, 9.17) is 9.84 Å². The minimum Gasteiger partial charge on any atom is -0.478 e. The first-order chi connectivity index (χ1) is 9.33. The van der Waals surface area contributed by atoms with Gasteiger partial charge in [-0.3, -0.25) is 10.1 Å². The van der Waals surface area contributed by atoms with Gasteiger partial charge in [-0.1, -0.05) is 0 Å². The summed E-state index contributed by atoms with van der Waals surface area (Å²) in [5, 5.41) is 20.2. The van der Waals surface area contributed by atoms with E-state index in [2.05, 4.69) is 0 Å². The maximum Gasteiger partial charge on any atom is 0.335 e.